The van der Waals surface area contributed by atoms with E-state index in [2.05, 4.69) is 12.0 Å². The zero-order chi connectivity index (χ0) is 14.9. The molecule has 1 fully saturated rings. The van der Waals surface area contributed by atoms with Crippen LogP contribution < -0.4 is 0 Å². The van der Waals surface area contributed by atoms with Gasteiger partial charge >= 0.3 is 0 Å². The quantitative estimate of drug-likeness (QED) is 0.897. The molecule has 7 heteroatoms. The van der Waals surface area contributed by atoms with Crippen LogP contribution in [-0.2, 0) is 16.6 Å². The average Bonchev–Trinajstić information content (AvgIpc) is 2.65. The summed E-state index contributed by atoms with van der Waals surface area (Å²) in [6, 6.07) is 0. The fourth-order valence-electron chi connectivity index (χ4n) is 2.86. The number of aromatic nitrogens is 2. The fourth-order valence-corrected chi connectivity index (χ4v) is 4.83. The maximum absolute atomic E-state index is 12.8. The summed E-state index contributed by atoms with van der Waals surface area (Å²) in [5.74, 6) is 0.395. The second kappa shape index (κ2) is 5.83. The van der Waals surface area contributed by atoms with Crippen molar-refractivity contribution in [2.45, 2.75) is 45.1 Å². The van der Waals surface area contributed by atoms with Gasteiger partial charge in [-0.3, -0.25) is 4.68 Å². The van der Waals surface area contributed by atoms with Crippen molar-refractivity contribution in [1.29, 1.82) is 0 Å². The van der Waals surface area contributed by atoms with Crippen molar-refractivity contribution in [2.24, 2.45) is 5.92 Å². The van der Waals surface area contributed by atoms with E-state index in [0.717, 1.165) is 12.8 Å². The van der Waals surface area contributed by atoms with Crippen LogP contribution in [0.5, 0.6) is 0 Å². The van der Waals surface area contributed by atoms with E-state index in [4.69, 9.17) is 5.11 Å². The molecule has 0 bridgehead atoms. The molecule has 1 aliphatic rings. The minimum absolute atomic E-state index is 0.0534. The molecule has 20 heavy (non-hydrogen) atoms. The first-order chi connectivity index (χ1) is 9.37. The number of piperidine rings is 1. The Kier molecular flexibility index (Phi) is 4.51. The van der Waals surface area contributed by atoms with Gasteiger partial charge in [-0.1, -0.05) is 6.92 Å². The van der Waals surface area contributed by atoms with Gasteiger partial charge in [-0.05, 0) is 32.6 Å². The van der Waals surface area contributed by atoms with E-state index in [1.54, 1.807) is 22.8 Å². The third kappa shape index (κ3) is 2.75. The Morgan fingerprint density at radius 1 is 1.40 bits per heavy atom. The highest BCUT2D eigenvalue weighted by Crippen LogP contribution is 2.27. The summed E-state index contributed by atoms with van der Waals surface area (Å²) in [7, 11) is -3.49. The van der Waals surface area contributed by atoms with Crippen molar-refractivity contribution in [3.63, 3.8) is 0 Å². The highest BCUT2D eigenvalue weighted by molar-refractivity contribution is 7.89. The molecule has 1 atom stereocenters. The summed E-state index contributed by atoms with van der Waals surface area (Å²) < 4.78 is 28.7. The summed E-state index contributed by atoms with van der Waals surface area (Å²) in [5, 5.41) is 13.2. The average molecular weight is 301 g/mol. The van der Waals surface area contributed by atoms with Gasteiger partial charge in [-0.25, -0.2) is 8.42 Å². The first kappa shape index (κ1) is 15.5. The zero-order valence-corrected chi connectivity index (χ0v) is 13.2. The standard InChI is InChI=1S/C13H23N3O3S/c1-10-5-4-6-15(9-10)20(18,19)13-11(2)14-16(7-8-17)12(13)3/h10,17H,4-9H2,1-3H3. The molecule has 1 unspecified atom stereocenters. The molecule has 1 aromatic rings. The van der Waals surface area contributed by atoms with Crippen LogP contribution in [-0.4, -0.2) is 47.3 Å². The van der Waals surface area contributed by atoms with E-state index in [9.17, 15) is 8.42 Å². The molecule has 6 nitrogen and oxygen atoms in total. The third-order valence-corrected chi connectivity index (χ3v) is 5.96. The molecule has 0 spiro atoms. The molecule has 0 aliphatic carbocycles. The van der Waals surface area contributed by atoms with Crippen LogP contribution in [0.4, 0.5) is 0 Å². The second-order valence-electron chi connectivity index (χ2n) is 5.56. The Morgan fingerprint density at radius 2 is 2.10 bits per heavy atom. The summed E-state index contributed by atoms with van der Waals surface area (Å²) >= 11 is 0. The Labute approximate surface area is 120 Å². The number of hydrogen-bond acceptors (Lipinski definition) is 4. The highest BCUT2D eigenvalue weighted by atomic mass is 32.2. The number of nitrogens with zero attached hydrogens (tertiary/aromatic N) is 3. The van der Waals surface area contributed by atoms with Crippen molar-refractivity contribution in [3.05, 3.63) is 11.4 Å². The number of aryl methyl sites for hydroxylation is 1. The van der Waals surface area contributed by atoms with Gasteiger partial charge in [-0.15, -0.1) is 0 Å². The third-order valence-electron chi connectivity index (χ3n) is 3.84. The maximum atomic E-state index is 12.8. The minimum Gasteiger partial charge on any atom is -0.394 e. The topological polar surface area (TPSA) is 75.4 Å². The van der Waals surface area contributed by atoms with Gasteiger partial charge in [-0.2, -0.15) is 9.40 Å². The lowest BCUT2D eigenvalue weighted by molar-refractivity contribution is 0.267. The lowest BCUT2D eigenvalue weighted by Gasteiger charge is -2.30. The molecule has 1 N–H and O–H groups in total. The van der Waals surface area contributed by atoms with Gasteiger partial charge in [0.25, 0.3) is 0 Å². The molecule has 1 saturated heterocycles. The molecular formula is C13H23N3O3S. The lowest BCUT2D eigenvalue weighted by atomic mass is 10.0. The zero-order valence-electron chi connectivity index (χ0n) is 12.3. The van der Waals surface area contributed by atoms with Gasteiger partial charge in [0, 0.05) is 13.1 Å². The van der Waals surface area contributed by atoms with Crippen molar-refractivity contribution < 1.29 is 13.5 Å². The summed E-state index contributed by atoms with van der Waals surface area (Å²) in [6.45, 7) is 6.96. The molecule has 0 radical (unpaired) electrons. The van der Waals surface area contributed by atoms with Gasteiger partial charge < -0.3 is 5.11 Å². The highest BCUT2D eigenvalue weighted by Gasteiger charge is 2.33. The second-order valence-corrected chi connectivity index (χ2v) is 7.43. The van der Waals surface area contributed by atoms with Crippen LogP contribution in [0.3, 0.4) is 0 Å². The Balaban J connectivity index is 2.39. The first-order valence-electron chi connectivity index (χ1n) is 7.03. The van der Waals surface area contributed by atoms with Crippen LogP contribution in [0.15, 0.2) is 4.90 Å². The normalized spacial score (nSPS) is 21.3. The van der Waals surface area contributed by atoms with Crippen molar-refractivity contribution >= 4 is 10.0 Å². The molecule has 0 aromatic carbocycles. The molecule has 114 valence electrons. The number of sulfonamides is 1. The maximum Gasteiger partial charge on any atom is 0.246 e. The van der Waals surface area contributed by atoms with E-state index in [0.29, 0.717) is 41.8 Å². The van der Waals surface area contributed by atoms with Crippen LogP contribution >= 0.6 is 0 Å². The monoisotopic (exact) mass is 301 g/mol. The lowest BCUT2D eigenvalue weighted by Crippen LogP contribution is -2.39. The van der Waals surface area contributed by atoms with Crippen molar-refractivity contribution in [3.8, 4) is 0 Å². The largest absolute Gasteiger partial charge is 0.394 e. The predicted molar refractivity (Wildman–Crippen MR) is 75.9 cm³/mol. The molecular weight excluding hydrogens is 278 g/mol. The number of aliphatic hydroxyl groups excluding tert-OH is 1. The SMILES string of the molecule is Cc1nn(CCO)c(C)c1S(=O)(=O)N1CCCC(C)C1. The van der Waals surface area contributed by atoms with Crippen LogP contribution in [0, 0.1) is 19.8 Å². The van der Waals surface area contributed by atoms with E-state index < -0.39 is 10.0 Å². The number of aliphatic hydroxyl groups is 1. The van der Waals surface area contributed by atoms with Crippen LogP contribution in [0.25, 0.3) is 0 Å². The molecule has 2 heterocycles. The summed E-state index contributed by atoms with van der Waals surface area (Å²) in [4.78, 5) is 0.306. The van der Waals surface area contributed by atoms with Crippen molar-refractivity contribution in [2.75, 3.05) is 19.7 Å². The molecule has 0 saturated carbocycles. The molecule has 1 aromatic heterocycles. The predicted octanol–water partition coefficient (Wildman–Crippen LogP) is 0.913. The number of hydrogen-bond donors (Lipinski definition) is 1. The van der Waals surface area contributed by atoms with Gasteiger partial charge in [0.2, 0.25) is 10.0 Å². The van der Waals surface area contributed by atoms with Crippen LogP contribution in [0.1, 0.15) is 31.2 Å². The van der Waals surface area contributed by atoms with E-state index in [1.807, 2.05) is 0 Å². The number of rotatable bonds is 4. The summed E-state index contributed by atoms with van der Waals surface area (Å²) in [5.41, 5.74) is 1.11. The van der Waals surface area contributed by atoms with E-state index >= 15 is 0 Å². The van der Waals surface area contributed by atoms with Crippen molar-refractivity contribution in [1.82, 2.24) is 14.1 Å². The van der Waals surface area contributed by atoms with Crippen LogP contribution in [0.2, 0.25) is 0 Å². The van der Waals surface area contributed by atoms with E-state index in [-0.39, 0.29) is 6.61 Å². The molecule has 0 amide bonds. The Hall–Kier alpha value is -0.920. The first-order valence-corrected chi connectivity index (χ1v) is 8.47. The minimum atomic E-state index is -3.49. The Bertz CT molecular complexity index is 580. The van der Waals surface area contributed by atoms with Gasteiger partial charge in [0.1, 0.15) is 4.90 Å². The smallest absolute Gasteiger partial charge is 0.246 e. The molecule has 1 aliphatic heterocycles. The molecule has 2 rings (SSSR count). The van der Waals surface area contributed by atoms with E-state index in [1.165, 1.54) is 0 Å². The summed E-state index contributed by atoms with van der Waals surface area (Å²) in [6.07, 6.45) is 1.98. The Morgan fingerprint density at radius 3 is 2.70 bits per heavy atom. The van der Waals surface area contributed by atoms with Gasteiger partial charge in [0.05, 0.1) is 24.5 Å². The van der Waals surface area contributed by atoms with Gasteiger partial charge in [0.15, 0.2) is 0 Å². The fraction of sp³-hybridized carbons (Fsp3) is 0.769.